The average molecular weight is 259 g/mol. The molecule has 1 aromatic rings. The van der Waals surface area contributed by atoms with Gasteiger partial charge in [0, 0.05) is 5.54 Å². The number of rotatable bonds is 2. The summed E-state index contributed by atoms with van der Waals surface area (Å²) in [5.74, 6) is -0.206. The van der Waals surface area contributed by atoms with Gasteiger partial charge in [0.1, 0.15) is 0 Å². The Kier molecular flexibility index (Phi) is 4.04. The van der Waals surface area contributed by atoms with Gasteiger partial charge in [0.25, 0.3) is 0 Å². The summed E-state index contributed by atoms with van der Waals surface area (Å²) in [6, 6.07) is 4.62. The van der Waals surface area contributed by atoms with Crippen LogP contribution >= 0.6 is 0 Å². The minimum absolute atomic E-state index is 0.0788. The van der Waals surface area contributed by atoms with E-state index in [-0.39, 0.29) is 17.9 Å². The van der Waals surface area contributed by atoms with Gasteiger partial charge < -0.3 is 5.32 Å². The van der Waals surface area contributed by atoms with Gasteiger partial charge in [-0.25, -0.2) is 0 Å². The Morgan fingerprint density at radius 2 is 1.61 bits per heavy atom. The molecule has 0 aliphatic rings. The van der Waals surface area contributed by atoms with E-state index in [1.807, 2.05) is 20.8 Å². The molecule has 1 aromatic carbocycles. The quantitative estimate of drug-likeness (QED) is 0.868. The van der Waals surface area contributed by atoms with Crippen molar-refractivity contribution in [2.45, 2.75) is 38.9 Å². The van der Waals surface area contributed by atoms with Crippen LogP contribution in [0.15, 0.2) is 24.3 Å². The molecular formula is C13H16F3NO. The van der Waals surface area contributed by atoms with E-state index in [1.54, 1.807) is 0 Å². The van der Waals surface area contributed by atoms with Crippen molar-refractivity contribution >= 4 is 5.91 Å². The average Bonchev–Trinajstić information content (AvgIpc) is 2.13. The lowest BCUT2D eigenvalue weighted by molar-refractivity contribution is -0.137. The summed E-state index contributed by atoms with van der Waals surface area (Å²) in [6.07, 6.45) is -4.26. The summed E-state index contributed by atoms with van der Waals surface area (Å²) in [6.45, 7) is 5.53. The lowest BCUT2D eigenvalue weighted by atomic mass is 10.1. The van der Waals surface area contributed by atoms with Crippen molar-refractivity contribution < 1.29 is 18.0 Å². The number of carbonyl (C=O) groups excluding carboxylic acids is 1. The molecule has 18 heavy (non-hydrogen) atoms. The number of nitrogens with one attached hydrogen (secondary N) is 1. The SMILES string of the molecule is CC(C)(C)NC(=O)Cc1ccc(C(F)(F)F)cc1. The summed E-state index contributed by atoms with van der Waals surface area (Å²) < 4.78 is 37.0. The smallest absolute Gasteiger partial charge is 0.351 e. The summed E-state index contributed by atoms with van der Waals surface area (Å²) in [7, 11) is 0. The second kappa shape index (κ2) is 5.00. The first-order valence-corrected chi connectivity index (χ1v) is 5.55. The van der Waals surface area contributed by atoms with E-state index in [1.165, 1.54) is 12.1 Å². The molecule has 0 fully saturated rings. The van der Waals surface area contributed by atoms with E-state index in [2.05, 4.69) is 5.32 Å². The van der Waals surface area contributed by atoms with Gasteiger partial charge in [0.2, 0.25) is 5.91 Å². The molecule has 0 aliphatic heterocycles. The van der Waals surface area contributed by atoms with Crippen LogP contribution in [-0.2, 0) is 17.4 Å². The second-order valence-electron chi connectivity index (χ2n) is 5.17. The molecule has 0 aliphatic carbocycles. The molecule has 100 valence electrons. The topological polar surface area (TPSA) is 29.1 Å². The first kappa shape index (κ1) is 14.5. The molecule has 1 rings (SSSR count). The maximum atomic E-state index is 12.3. The predicted molar refractivity (Wildman–Crippen MR) is 63.0 cm³/mol. The zero-order valence-corrected chi connectivity index (χ0v) is 10.6. The van der Waals surface area contributed by atoms with Crippen molar-refractivity contribution in [3.63, 3.8) is 0 Å². The summed E-state index contributed by atoms with van der Waals surface area (Å²) in [5, 5.41) is 2.75. The minimum Gasteiger partial charge on any atom is -0.351 e. The van der Waals surface area contributed by atoms with Crippen LogP contribution in [0.25, 0.3) is 0 Å². The normalized spacial score (nSPS) is 12.3. The fourth-order valence-corrected chi connectivity index (χ4v) is 1.46. The molecule has 0 spiro atoms. The molecule has 0 saturated heterocycles. The number of hydrogen-bond donors (Lipinski definition) is 1. The van der Waals surface area contributed by atoms with E-state index in [4.69, 9.17) is 0 Å². The van der Waals surface area contributed by atoms with Crippen LogP contribution in [0.3, 0.4) is 0 Å². The van der Waals surface area contributed by atoms with Crippen LogP contribution in [0.4, 0.5) is 13.2 Å². The Balaban J connectivity index is 2.67. The zero-order valence-electron chi connectivity index (χ0n) is 10.6. The molecule has 0 bridgehead atoms. The molecule has 5 heteroatoms. The van der Waals surface area contributed by atoms with Crippen LogP contribution in [0.1, 0.15) is 31.9 Å². The number of hydrogen-bond acceptors (Lipinski definition) is 1. The summed E-state index contributed by atoms with van der Waals surface area (Å²) in [4.78, 5) is 11.6. The first-order chi connectivity index (χ1) is 8.08. The van der Waals surface area contributed by atoms with Crippen LogP contribution in [0.2, 0.25) is 0 Å². The highest BCUT2D eigenvalue weighted by Crippen LogP contribution is 2.29. The second-order valence-corrected chi connectivity index (χ2v) is 5.17. The highest BCUT2D eigenvalue weighted by atomic mass is 19.4. The maximum absolute atomic E-state index is 12.3. The van der Waals surface area contributed by atoms with Crippen molar-refractivity contribution in [3.8, 4) is 0 Å². The van der Waals surface area contributed by atoms with Crippen molar-refractivity contribution in [1.29, 1.82) is 0 Å². The third kappa shape index (κ3) is 4.77. The molecule has 0 heterocycles. The largest absolute Gasteiger partial charge is 0.416 e. The molecule has 0 aromatic heterocycles. The third-order valence-corrected chi connectivity index (χ3v) is 2.16. The van der Waals surface area contributed by atoms with E-state index >= 15 is 0 Å². The Hall–Kier alpha value is -1.52. The number of alkyl halides is 3. The standard InChI is InChI=1S/C13H16F3NO/c1-12(2,3)17-11(18)8-9-4-6-10(7-5-9)13(14,15)16/h4-7H,8H2,1-3H3,(H,17,18). The highest BCUT2D eigenvalue weighted by molar-refractivity contribution is 5.79. The van der Waals surface area contributed by atoms with Gasteiger partial charge in [-0.2, -0.15) is 13.2 Å². The number of carbonyl (C=O) groups is 1. The van der Waals surface area contributed by atoms with Gasteiger partial charge in [-0.05, 0) is 38.5 Å². The Morgan fingerprint density at radius 3 is 2.00 bits per heavy atom. The third-order valence-electron chi connectivity index (χ3n) is 2.16. The van der Waals surface area contributed by atoms with Gasteiger partial charge in [0.05, 0.1) is 12.0 Å². The molecule has 1 amide bonds. The molecule has 0 saturated carbocycles. The summed E-state index contributed by atoms with van der Waals surface area (Å²) >= 11 is 0. The zero-order chi connectivity index (χ0) is 14.0. The Bertz CT molecular complexity index is 415. The maximum Gasteiger partial charge on any atom is 0.416 e. The molecule has 2 nitrogen and oxygen atoms in total. The Morgan fingerprint density at radius 1 is 1.11 bits per heavy atom. The van der Waals surface area contributed by atoms with Gasteiger partial charge in [0.15, 0.2) is 0 Å². The van der Waals surface area contributed by atoms with Crippen molar-refractivity contribution in [2.75, 3.05) is 0 Å². The Labute approximate surface area is 104 Å². The molecule has 0 atom stereocenters. The number of benzene rings is 1. The fraction of sp³-hybridized carbons (Fsp3) is 0.462. The van der Waals surface area contributed by atoms with Crippen LogP contribution in [0.5, 0.6) is 0 Å². The lowest BCUT2D eigenvalue weighted by Gasteiger charge is -2.20. The predicted octanol–water partition coefficient (Wildman–Crippen LogP) is 3.16. The van der Waals surface area contributed by atoms with E-state index in [9.17, 15) is 18.0 Å². The van der Waals surface area contributed by atoms with Crippen molar-refractivity contribution in [3.05, 3.63) is 35.4 Å². The first-order valence-electron chi connectivity index (χ1n) is 5.55. The van der Waals surface area contributed by atoms with E-state index in [0.717, 1.165) is 12.1 Å². The molecular weight excluding hydrogens is 243 g/mol. The van der Waals surface area contributed by atoms with Gasteiger partial charge in [-0.3, -0.25) is 4.79 Å². The van der Waals surface area contributed by atoms with Gasteiger partial charge in [-0.1, -0.05) is 12.1 Å². The van der Waals surface area contributed by atoms with Crippen molar-refractivity contribution in [1.82, 2.24) is 5.32 Å². The van der Waals surface area contributed by atoms with Gasteiger partial charge in [-0.15, -0.1) is 0 Å². The van der Waals surface area contributed by atoms with Crippen molar-refractivity contribution in [2.24, 2.45) is 0 Å². The van der Waals surface area contributed by atoms with E-state index in [0.29, 0.717) is 5.56 Å². The fourth-order valence-electron chi connectivity index (χ4n) is 1.46. The summed E-state index contributed by atoms with van der Waals surface area (Å²) in [5.41, 5.74) is -0.490. The van der Waals surface area contributed by atoms with Crippen LogP contribution < -0.4 is 5.32 Å². The lowest BCUT2D eigenvalue weighted by Crippen LogP contribution is -2.41. The molecule has 0 unspecified atom stereocenters. The van der Waals surface area contributed by atoms with Gasteiger partial charge >= 0.3 is 6.18 Å². The number of amides is 1. The highest BCUT2D eigenvalue weighted by Gasteiger charge is 2.30. The van der Waals surface area contributed by atoms with Crippen LogP contribution in [0, 0.1) is 0 Å². The minimum atomic E-state index is -4.34. The monoisotopic (exact) mass is 259 g/mol. The van der Waals surface area contributed by atoms with E-state index < -0.39 is 11.7 Å². The molecule has 0 radical (unpaired) electrons. The van der Waals surface area contributed by atoms with Crippen LogP contribution in [-0.4, -0.2) is 11.4 Å². The number of halogens is 3. The molecule has 1 N–H and O–H groups in total.